The Morgan fingerprint density at radius 2 is 0.836 bits per heavy atom. The van der Waals surface area contributed by atoms with Crippen LogP contribution in [0.25, 0.3) is 0 Å². The summed E-state index contributed by atoms with van der Waals surface area (Å²) >= 11 is 0. The van der Waals surface area contributed by atoms with Gasteiger partial charge in [-0.15, -0.1) is 0 Å². The fourth-order valence-corrected chi connectivity index (χ4v) is 58.0. The molecule has 67 heavy (non-hydrogen) atoms. The lowest BCUT2D eigenvalue weighted by Gasteiger charge is -2.37. The molecule has 0 aliphatic carbocycles. The SMILES string of the molecule is CC.CC.CC.CC1C[SiH](C)O[SiH](C)O[Si](C)(CCCCCC[SiH2]O[SiH](CCCCCC[Si]2(C)O[SiH](C)O[SiH](C)O[SiH](C)O2)O[SiH2]O[SiH2]CCCCCC[Si]2(C)O[SiH](C)O[SiH](C)O[SiH](C)O2)O1. The first-order valence-corrected chi connectivity index (χ1v) is 57.9. The molecular weight excluding hydrogens is 1100 g/mol. The predicted octanol–water partition coefficient (Wildman–Crippen LogP) is 7.15. The molecule has 0 aromatic heterocycles. The summed E-state index contributed by atoms with van der Waals surface area (Å²) in [5.74, 6) is 0. The Morgan fingerprint density at radius 3 is 1.30 bits per heavy atom. The van der Waals surface area contributed by atoms with Gasteiger partial charge in [-0.1, -0.05) is 119 Å². The van der Waals surface area contributed by atoms with E-state index in [4.69, 9.17) is 57.9 Å². The van der Waals surface area contributed by atoms with Gasteiger partial charge in [-0.2, -0.15) is 0 Å². The zero-order valence-electron chi connectivity index (χ0n) is 46.5. The van der Waals surface area contributed by atoms with Crippen LogP contribution in [-0.2, 0) is 57.9 Å². The summed E-state index contributed by atoms with van der Waals surface area (Å²) in [5.41, 5.74) is 0. The predicted molar refractivity (Wildman–Crippen MR) is 319 cm³/mol. The van der Waals surface area contributed by atoms with Gasteiger partial charge in [-0.25, -0.2) is 0 Å². The molecule has 404 valence electrons. The third-order valence-electron chi connectivity index (χ3n) is 11.3. The highest BCUT2D eigenvalue weighted by molar-refractivity contribution is 6.82. The van der Waals surface area contributed by atoms with Crippen molar-refractivity contribution in [3.63, 3.8) is 0 Å². The largest absolute Gasteiger partial charge is 0.446 e. The highest BCUT2D eigenvalue weighted by Gasteiger charge is 2.41. The first-order valence-electron chi connectivity index (χ1n) is 27.1. The van der Waals surface area contributed by atoms with E-state index in [1.54, 1.807) is 0 Å². The smallest absolute Gasteiger partial charge is 0.326 e. The minimum Gasteiger partial charge on any atom is -0.446 e. The number of hydrogen-bond acceptors (Lipinski definition) is 14. The molecule has 0 bridgehead atoms. The molecule has 3 rings (SSSR count). The lowest BCUT2D eigenvalue weighted by molar-refractivity contribution is 0.165. The van der Waals surface area contributed by atoms with E-state index in [0.717, 1.165) is 43.1 Å². The molecule has 9 atom stereocenters. The van der Waals surface area contributed by atoms with Crippen LogP contribution in [-0.4, -0.2) is 145 Å². The van der Waals surface area contributed by atoms with Gasteiger partial charge in [0.15, 0.2) is 9.04 Å². The van der Waals surface area contributed by atoms with E-state index >= 15 is 0 Å². The van der Waals surface area contributed by atoms with E-state index in [1.165, 1.54) is 76.3 Å². The molecule has 9 unspecified atom stereocenters. The second-order valence-corrected chi connectivity index (χ2v) is 55.0. The van der Waals surface area contributed by atoms with Crippen LogP contribution in [0.15, 0.2) is 0 Å². The maximum Gasteiger partial charge on any atom is 0.326 e. The summed E-state index contributed by atoms with van der Waals surface area (Å²) in [4.78, 5) is 0. The fraction of sp³-hybridized carbons (Fsp3) is 1.00. The van der Waals surface area contributed by atoms with E-state index in [9.17, 15) is 0 Å². The third kappa shape index (κ3) is 35.6. The molecule has 0 radical (unpaired) electrons. The van der Waals surface area contributed by atoms with Gasteiger partial charge >= 0.3 is 35.0 Å². The number of hydrogen-bond donors (Lipinski definition) is 0. The van der Waals surface area contributed by atoms with Gasteiger partial charge in [-0.3, -0.25) is 0 Å². The van der Waals surface area contributed by atoms with Crippen LogP contribution in [0, 0.1) is 0 Å². The van der Waals surface area contributed by atoms with Crippen molar-refractivity contribution in [2.24, 2.45) is 0 Å². The van der Waals surface area contributed by atoms with Crippen molar-refractivity contribution in [3.05, 3.63) is 0 Å². The van der Waals surface area contributed by atoms with E-state index in [1.807, 2.05) is 41.5 Å². The highest BCUT2D eigenvalue weighted by Crippen LogP contribution is 2.27. The molecule has 0 aromatic carbocycles. The summed E-state index contributed by atoms with van der Waals surface area (Å²) in [6.07, 6.45) is 14.7. The van der Waals surface area contributed by atoms with Crippen LogP contribution >= 0.6 is 0 Å². The molecule has 3 fully saturated rings. The molecule has 3 aliphatic heterocycles. The van der Waals surface area contributed by atoms with Gasteiger partial charge < -0.3 is 57.9 Å². The van der Waals surface area contributed by atoms with Crippen LogP contribution in [0.2, 0.25) is 114 Å². The average Bonchev–Trinajstić information content (AvgIpc) is 3.23. The second-order valence-electron chi connectivity index (χ2n) is 18.1. The van der Waals surface area contributed by atoms with Crippen molar-refractivity contribution in [1.82, 2.24) is 0 Å². The molecule has 0 spiro atoms. The Bertz CT molecular complexity index is 1120. The maximum absolute atomic E-state index is 6.67. The van der Waals surface area contributed by atoms with Crippen molar-refractivity contribution in [3.8, 4) is 0 Å². The molecule has 3 heterocycles. The lowest BCUT2D eigenvalue weighted by atomic mass is 10.2. The van der Waals surface area contributed by atoms with Crippen LogP contribution in [0.5, 0.6) is 0 Å². The summed E-state index contributed by atoms with van der Waals surface area (Å²) in [6, 6.07) is 7.78. The van der Waals surface area contributed by atoms with Gasteiger partial charge in [0, 0.05) is 6.10 Å². The first-order chi connectivity index (χ1) is 32.0. The third-order valence-corrected chi connectivity index (χ3v) is 58.3. The van der Waals surface area contributed by atoms with Crippen molar-refractivity contribution in [2.75, 3.05) is 0 Å². The minimum absolute atomic E-state index is 0.266. The normalized spacial score (nSPS) is 33.9. The molecule has 29 heteroatoms. The Morgan fingerprint density at radius 1 is 0.463 bits per heavy atom. The number of unbranched alkanes of at least 4 members (excludes halogenated alkanes) is 9. The van der Waals surface area contributed by atoms with Crippen molar-refractivity contribution in [2.45, 2.75) is 246 Å². The minimum atomic E-state index is -2.25. The standard InChI is InChI=1S/C32H90O14Si15.3C2H6/c1-32-31-50(2)37-53(5)42-59(10,33-32)28-22-16-14-20-26-48-35-58(27-21-15-18-24-30-61(12)45-56(8)40-52(4)41-57(9)46-61)36-49-34-47-25-19-13-17-23-29-60(11)43-54(6)38-51(3)39-55(7)44-60;3*1-2/h32,50-58H,13-31,47-49H2,1-12H3;3*1-2H3. The first kappa shape index (κ1) is 69.7. The van der Waals surface area contributed by atoms with Crippen molar-refractivity contribution in [1.29, 1.82) is 0 Å². The average molecular weight is 1210 g/mol. The topological polar surface area (TPSA) is 129 Å². The molecule has 0 amide bonds. The van der Waals surface area contributed by atoms with Crippen molar-refractivity contribution >= 4 is 139 Å². The fourth-order valence-electron chi connectivity index (χ4n) is 8.78. The summed E-state index contributed by atoms with van der Waals surface area (Å²) in [5, 5.41) is 0. The molecular formula is C38H108O14Si15. The quantitative estimate of drug-likeness (QED) is 0.0610. The van der Waals surface area contributed by atoms with Crippen LogP contribution in [0.3, 0.4) is 0 Å². The summed E-state index contributed by atoms with van der Waals surface area (Å²) in [6.45, 7) is 38.1. The van der Waals surface area contributed by atoms with Crippen molar-refractivity contribution < 1.29 is 57.9 Å². The van der Waals surface area contributed by atoms with Gasteiger partial charge in [-0.05, 0) is 121 Å². The van der Waals surface area contributed by atoms with E-state index in [0.29, 0.717) is 0 Å². The number of rotatable bonds is 27. The molecule has 14 nitrogen and oxygen atoms in total. The molecule has 0 aromatic rings. The molecule has 3 aliphatic rings. The van der Waals surface area contributed by atoms with E-state index < -0.39 is 139 Å². The highest BCUT2D eigenvalue weighted by atomic mass is 28.5. The van der Waals surface area contributed by atoms with Crippen LogP contribution < -0.4 is 0 Å². The Kier molecular flexibility index (Phi) is 43.6. The van der Waals surface area contributed by atoms with Gasteiger partial charge in [0.1, 0.15) is 19.5 Å². The van der Waals surface area contributed by atoms with Crippen LogP contribution in [0.1, 0.15) is 126 Å². The van der Waals surface area contributed by atoms with Gasteiger partial charge in [0.2, 0.25) is 0 Å². The maximum atomic E-state index is 6.67. The van der Waals surface area contributed by atoms with Gasteiger partial charge in [0.25, 0.3) is 75.0 Å². The molecule has 0 saturated carbocycles. The van der Waals surface area contributed by atoms with E-state index in [2.05, 4.69) is 78.9 Å². The second kappa shape index (κ2) is 41.9. The summed E-state index contributed by atoms with van der Waals surface area (Å²) in [7, 11) is -23.1. The zero-order chi connectivity index (χ0) is 50.7. The Labute approximate surface area is 439 Å². The summed E-state index contributed by atoms with van der Waals surface area (Å²) < 4.78 is 89.2. The van der Waals surface area contributed by atoms with Crippen LogP contribution in [0.4, 0.5) is 0 Å². The zero-order valence-corrected chi connectivity index (χ0v) is 64.2. The monoisotopic (exact) mass is 1210 g/mol. The Hall–Kier alpha value is 2.69. The van der Waals surface area contributed by atoms with Gasteiger partial charge in [0.05, 0.1) is 0 Å². The molecule has 0 N–H and O–H groups in total. The molecule has 3 saturated heterocycles. The Balaban J connectivity index is 0.00000696. The van der Waals surface area contributed by atoms with E-state index in [-0.39, 0.29) is 6.10 Å². The lowest BCUT2D eigenvalue weighted by Crippen LogP contribution is -2.52.